The number of ether oxygens (including phenoxy) is 3. The maximum Gasteiger partial charge on any atom is 0.471 e. The van der Waals surface area contributed by atoms with Crippen molar-refractivity contribution < 1.29 is 47.2 Å². The Morgan fingerprint density at radius 3 is 2.05 bits per heavy atom. The summed E-state index contributed by atoms with van der Waals surface area (Å²) in [6, 6.07) is 31.4. The molecule has 4 aromatic carbocycles. The van der Waals surface area contributed by atoms with Crippen LogP contribution < -0.4 is 25.8 Å². The Hall–Kier alpha value is -6.29. The first-order chi connectivity index (χ1) is 27.4. The molecule has 1 aliphatic rings. The molecule has 1 fully saturated rings. The van der Waals surface area contributed by atoms with Crippen LogP contribution in [-0.2, 0) is 14.9 Å². The van der Waals surface area contributed by atoms with Gasteiger partial charge >= 0.3 is 17.8 Å². The molecule has 0 saturated carbocycles. The fraction of sp³-hybridized carbons (Fsp3) is 0.238. The zero-order valence-electron chi connectivity index (χ0n) is 30.7. The maximum absolute atomic E-state index is 13.7. The van der Waals surface area contributed by atoms with Gasteiger partial charge in [0.1, 0.15) is 35.8 Å². The average Bonchev–Trinajstić information content (AvgIpc) is 3.61. The second-order valence-corrected chi connectivity index (χ2v) is 13.0. The van der Waals surface area contributed by atoms with Crippen molar-refractivity contribution in [2.75, 3.05) is 26.1 Å². The molecule has 4 N–H and O–H groups in total. The van der Waals surface area contributed by atoms with Crippen LogP contribution in [0.5, 0.6) is 11.5 Å². The summed E-state index contributed by atoms with van der Waals surface area (Å²) in [6.07, 6.45) is -7.11. The van der Waals surface area contributed by atoms with Gasteiger partial charge in [-0.05, 0) is 29.8 Å². The predicted octanol–water partition coefficient (Wildman–Crippen LogP) is 5.25. The Morgan fingerprint density at radius 1 is 0.912 bits per heavy atom. The highest BCUT2D eigenvalue weighted by molar-refractivity contribution is 6.04. The van der Waals surface area contributed by atoms with Gasteiger partial charge in [0.15, 0.2) is 0 Å². The van der Waals surface area contributed by atoms with Gasteiger partial charge in [-0.25, -0.2) is 4.79 Å². The van der Waals surface area contributed by atoms with Crippen LogP contribution in [-0.4, -0.2) is 76.8 Å². The first kappa shape index (κ1) is 40.4. The third kappa shape index (κ3) is 8.31. The van der Waals surface area contributed by atoms with E-state index in [4.69, 9.17) is 14.2 Å². The first-order valence-corrected chi connectivity index (χ1v) is 17.7. The summed E-state index contributed by atoms with van der Waals surface area (Å²) in [7, 11) is 3.00. The van der Waals surface area contributed by atoms with Crippen molar-refractivity contribution >= 4 is 23.7 Å². The van der Waals surface area contributed by atoms with Crippen LogP contribution in [0.15, 0.2) is 126 Å². The molecule has 0 bridgehead atoms. The number of hydrogen-bond donors (Lipinski definition) is 4. The number of aliphatic hydroxyl groups is 2. The lowest BCUT2D eigenvalue weighted by Gasteiger charge is -2.43. The van der Waals surface area contributed by atoms with Gasteiger partial charge in [0, 0.05) is 41.4 Å². The fourth-order valence-corrected chi connectivity index (χ4v) is 7.09. The van der Waals surface area contributed by atoms with E-state index in [1.807, 2.05) is 30.3 Å². The Bertz CT molecular complexity index is 2240. The maximum atomic E-state index is 13.7. The molecule has 1 saturated heterocycles. The number of aromatic nitrogens is 2. The number of rotatable bonds is 13. The number of nitrogens with zero attached hydrogens (tertiary/aromatic N) is 2. The summed E-state index contributed by atoms with van der Waals surface area (Å²) in [5, 5.41) is 28.8. The summed E-state index contributed by atoms with van der Waals surface area (Å²) in [6.45, 7) is -0.552. The number of carbonyl (C=O) groups is 2. The SMILES string of the molecule is COc1ccccc1C(c1ccccc1)(c1ccccc1OC)C(O)[C@H]1O[C@@H](n2cc(/C=C/CNC(=O)C(F)(F)F)c(NC(=O)c3ccccc3)nc2=O)C[C@@H]1O. The van der Waals surface area contributed by atoms with Gasteiger partial charge in [-0.3, -0.25) is 14.2 Å². The molecule has 0 radical (unpaired) electrons. The smallest absolute Gasteiger partial charge is 0.471 e. The second kappa shape index (κ2) is 17.2. The number of alkyl halides is 3. The second-order valence-electron chi connectivity index (χ2n) is 13.0. The first-order valence-electron chi connectivity index (χ1n) is 17.7. The van der Waals surface area contributed by atoms with Crippen LogP contribution in [0.3, 0.4) is 0 Å². The lowest BCUT2D eigenvalue weighted by Crippen LogP contribution is -2.51. The number of nitrogens with one attached hydrogen (secondary N) is 2. The van der Waals surface area contributed by atoms with Gasteiger partial charge in [-0.1, -0.05) is 97.1 Å². The van der Waals surface area contributed by atoms with E-state index in [-0.39, 0.29) is 23.4 Å². The number of methoxy groups -OCH3 is 2. The van der Waals surface area contributed by atoms with Crippen molar-refractivity contribution in [1.82, 2.24) is 14.9 Å². The molecular formula is C42H39F3N4O8. The number of carbonyl (C=O) groups excluding carboxylic acids is 2. The molecule has 2 heterocycles. The van der Waals surface area contributed by atoms with Gasteiger partial charge in [0.25, 0.3) is 5.91 Å². The molecule has 6 rings (SSSR count). The van der Waals surface area contributed by atoms with Gasteiger partial charge in [-0.15, -0.1) is 0 Å². The van der Waals surface area contributed by atoms with E-state index in [1.54, 1.807) is 72.0 Å². The summed E-state index contributed by atoms with van der Waals surface area (Å²) in [5.41, 5.74) is -0.463. The molecule has 1 unspecified atom stereocenters. The van der Waals surface area contributed by atoms with E-state index >= 15 is 0 Å². The number of amides is 2. The van der Waals surface area contributed by atoms with Crippen molar-refractivity contribution in [3.63, 3.8) is 0 Å². The molecule has 1 aliphatic heterocycles. The van der Waals surface area contributed by atoms with Gasteiger partial charge in [-0.2, -0.15) is 18.2 Å². The number of benzene rings is 4. The summed E-state index contributed by atoms with van der Waals surface area (Å²) in [5.74, 6) is -2.16. The van der Waals surface area contributed by atoms with Crippen molar-refractivity contribution in [3.8, 4) is 11.5 Å². The van der Waals surface area contributed by atoms with Crippen LogP contribution in [0.4, 0.5) is 19.0 Å². The van der Waals surface area contributed by atoms with Crippen molar-refractivity contribution in [2.45, 2.75) is 42.6 Å². The molecule has 296 valence electrons. The predicted molar refractivity (Wildman–Crippen MR) is 204 cm³/mol. The highest BCUT2D eigenvalue weighted by Crippen LogP contribution is 2.51. The molecule has 57 heavy (non-hydrogen) atoms. The third-order valence-corrected chi connectivity index (χ3v) is 9.68. The minimum atomic E-state index is -5.10. The Balaban J connectivity index is 1.42. The Labute approximate surface area is 325 Å². The molecular weight excluding hydrogens is 745 g/mol. The van der Waals surface area contributed by atoms with E-state index in [2.05, 4.69) is 10.3 Å². The zero-order valence-corrected chi connectivity index (χ0v) is 30.7. The van der Waals surface area contributed by atoms with Crippen LogP contribution >= 0.6 is 0 Å². The number of hydrogen-bond acceptors (Lipinski definition) is 9. The lowest BCUT2D eigenvalue weighted by molar-refractivity contribution is -0.173. The van der Waals surface area contributed by atoms with E-state index in [0.717, 1.165) is 4.57 Å². The van der Waals surface area contributed by atoms with Crippen LogP contribution in [0, 0.1) is 0 Å². The van der Waals surface area contributed by atoms with E-state index in [1.165, 1.54) is 44.7 Å². The highest BCUT2D eigenvalue weighted by atomic mass is 19.4. The number of aliphatic hydroxyl groups excluding tert-OH is 2. The van der Waals surface area contributed by atoms with Crippen molar-refractivity contribution in [3.05, 3.63) is 160 Å². The Morgan fingerprint density at radius 2 is 1.47 bits per heavy atom. The molecule has 5 aromatic rings. The summed E-state index contributed by atoms with van der Waals surface area (Å²) in [4.78, 5) is 42.2. The molecule has 15 heteroatoms. The normalized spacial score (nSPS) is 17.6. The van der Waals surface area contributed by atoms with Crippen LogP contribution in [0.25, 0.3) is 6.08 Å². The van der Waals surface area contributed by atoms with Crippen molar-refractivity contribution in [2.24, 2.45) is 0 Å². The minimum absolute atomic E-state index is 0.0592. The fourth-order valence-electron chi connectivity index (χ4n) is 7.09. The average molecular weight is 785 g/mol. The molecule has 0 aliphatic carbocycles. The lowest BCUT2D eigenvalue weighted by atomic mass is 9.63. The molecule has 4 atom stereocenters. The highest BCUT2D eigenvalue weighted by Gasteiger charge is 2.54. The molecule has 1 aromatic heterocycles. The topological polar surface area (TPSA) is 161 Å². The standard InChI is InChI=1S/C42H39F3N4O8/c1-55-32-21-11-9-19-29(32)41(28-17-7-4-8-18-28,30-20-10-12-22-33(30)56-2)36(51)35-31(50)24-34(57-35)49-25-27(16-13-23-46-39(53)42(43,44)45)37(48-40(49)54)47-38(52)26-14-5-3-6-15-26/h3-22,25,31,34-36,50-51H,23-24H2,1-2H3,(H,46,53)(H,47,48,52,54)/b16-13+/t31-,34+,35-,36?/m0/s1. The number of para-hydroxylation sites is 2. The van der Waals surface area contributed by atoms with Crippen LogP contribution in [0.2, 0.25) is 0 Å². The largest absolute Gasteiger partial charge is 0.496 e. The summed E-state index contributed by atoms with van der Waals surface area (Å²) < 4.78 is 57.5. The molecule has 0 spiro atoms. The van der Waals surface area contributed by atoms with E-state index < -0.39 is 60.2 Å². The molecule has 12 nitrogen and oxygen atoms in total. The van der Waals surface area contributed by atoms with E-state index in [0.29, 0.717) is 28.2 Å². The summed E-state index contributed by atoms with van der Waals surface area (Å²) >= 11 is 0. The van der Waals surface area contributed by atoms with Gasteiger partial charge in [0.05, 0.1) is 25.7 Å². The van der Waals surface area contributed by atoms with Crippen molar-refractivity contribution in [1.29, 1.82) is 0 Å². The number of halogens is 3. The minimum Gasteiger partial charge on any atom is -0.496 e. The van der Waals surface area contributed by atoms with Crippen LogP contribution in [0.1, 0.15) is 45.3 Å². The number of anilines is 1. The molecule has 2 amide bonds. The third-order valence-electron chi connectivity index (χ3n) is 9.68. The quantitative estimate of drug-likeness (QED) is 0.117. The van der Waals surface area contributed by atoms with E-state index in [9.17, 15) is 37.8 Å². The van der Waals surface area contributed by atoms with Gasteiger partial charge < -0.3 is 35.1 Å². The monoisotopic (exact) mass is 784 g/mol. The zero-order chi connectivity index (χ0) is 40.7. The Kier molecular flexibility index (Phi) is 12.2. The van der Waals surface area contributed by atoms with Gasteiger partial charge in [0.2, 0.25) is 0 Å².